The summed E-state index contributed by atoms with van der Waals surface area (Å²) < 4.78 is 43.1. The van der Waals surface area contributed by atoms with Crippen molar-refractivity contribution in [3.8, 4) is 5.75 Å². The van der Waals surface area contributed by atoms with Crippen molar-refractivity contribution < 1.29 is 23.0 Å². The maximum Gasteiger partial charge on any atom is 0.418 e. The van der Waals surface area contributed by atoms with Crippen molar-refractivity contribution in [3.63, 3.8) is 0 Å². The lowest BCUT2D eigenvalue weighted by molar-refractivity contribution is -0.137. The molecule has 0 aliphatic carbocycles. The van der Waals surface area contributed by atoms with E-state index in [1.165, 1.54) is 6.07 Å². The number of halogens is 3. The molecule has 2 rings (SSSR count). The third kappa shape index (κ3) is 2.04. The van der Waals surface area contributed by atoms with Crippen LogP contribution in [-0.2, 0) is 12.6 Å². The van der Waals surface area contributed by atoms with Crippen molar-refractivity contribution in [1.82, 2.24) is 0 Å². The smallest absolute Gasteiger partial charge is 0.418 e. The highest BCUT2D eigenvalue weighted by Gasteiger charge is 2.39. The van der Waals surface area contributed by atoms with E-state index in [4.69, 9.17) is 15.6 Å². The molecule has 1 aromatic carbocycles. The lowest BCUT2D eigenvalue weighted by atomic mass is 9.99. The van der Waals surface area contributed by atoms with Crippen molar-refractivity contribution in [2.45, 2.75) is 25.1 Å². The minimum absolute atomic E-state index is 0.142. The van der Waals surface area contributed by atoms with E-state index < -0.39 is 17.3 Å². The zero-order valence-corrected chi connectivity index (χ0v) is 9.14. The Bertz CT molecular complexity index is 459. The highest BCUT2D eigenvalue weighted by atomic mass is 19.4. The highest BCUT2D eigenvalue weighted by Crippen LogP contribution is 2.42. The van der Waals surface area contributed by atoms with Crippen molar-refractivity contribution in [2.75, 3.05) is 12.3 Å². The van der Waals surface area contributed by atoms with E-state index in [0.29, 0.717) is 12.0 Å². The molecule has 1 atom stereocenters. The molecule has 1 aliphatic rings. The van der Waals surface area contributed by atoms with Gasteiger partial charge >= 0.3 is 6.18 Å². The summed E-state index contributed by atoms with van der Waals surface area (Å²) in [5.41, 5.74) is 3.88. The summed E-state index contributed by atoms with van der Waals surface area (Å²) in [7, 11) is 0. The predicted octanol–water partition coefficient (Wildman–Crippen LogP) is 1.97. The number of fused-ring (bicyclic) bond motifs is 1. The molecule has 17 heavy (non-hydrogen) atoms. The molecule has 1 unspecified atom stereocenters. The van der Waals surface area contributed by atoms with Crippen LogP contribution >= 0.6 is 0 Å². The van der Waals surface area contributed by atoms with Gasteiger partial charge in [0.05, 0.1) is 12.2 Å². The second-order valence-electron chi connectivity index (χ2n) is 4.43. The zero-order valence-electron chi connectivity index (χ0n) is 9.14. The number of hydrogen-bond donors (Lipinski definition) is 2. The fourth-order valence-electron chi connectivity index (χ4n) is 1.91. The molecule has 6 heteroatoms. The quantitative estimate of drug-likeness (QED) is 0.746. The van der Waals surface area contributed by atoms with Crippen LogP contribution in [0.1, 0.15) is 18.1 Å². The van der Waals surface area contributed by atoms with Crippen LogP contribution in [-0.4, -0.2) is 17.3 Å². The largest absolute Gasteiger partial charge is 0.485 e. The molecule has 0 spiro atoms. The molecule has 3 nitrogen and oxygen atoms in total. The minimum atomic E-state index is -4.50. The van der Waals surface area contributed by atoms with Gasteiger partial charge in [0.25, 0.3) is 0 Å². The molecule has 0 bridgehead atoms. The molecule has 1 heterocycles. The Morgan fingerprint density at radius 3 is 2.65 bits per heavy atom. The van der Waals surface area contributed by atoms with Crippen LogP contribution < -0.4 is 10.5 Å². The Labute approximate surface area is 96.0 Å². The first-order chi connectivity index (χ1) is 7.75. The van der Waals surface area contributed by atoms with Gasteiger partial charge in [0, 0.05) is 17.7 Å². The van der Waals surface area contributed by atoms with E-state index in [0.717, 1.165) is 6.07 Å². The number of ether oxygens (including phenoxy) is 1. The molecule has 0 amide bonds. The molecule has 0 aromatic heterocycles. The van der Waals surface area contributed by atoms with Crippen LogP contribution in [0, 0.1) is 0 Å². The predicted molar refractivity (Wildman–Crippen MR) is 55.7 cm³/mol. The van der Waals surface area contributed by atoms with Gasteiger partial charge in [-0.25, -0.2) is 0 Å². The molecule has 0 saturated carbocycles. The molecular formula is C11H12F3NO2. The number of nitrogens with two attached hydrogens (primary N) is 1. The van der Waals surface area contributed by atoms with Crippen molar-refractivity contribution in [1.29, 1.82) is 0 Å². The van der Waals surface area contributed by atoms with Gasteiger partial charge in [0.15, 0.2) is 0 Å². The van der Waals surface area contributed by atoms with E-state index in [1.54, 1.807) is 6.92 Å². The summed E-state index contributed by atoms with van der Waals surface area (Å²) >= 11 is 0. The van der Waals surface area contributed by atoms with Gasteiger partial charge in [-0.1, -0.05) is 0 Å². The number of anilines is 1. The first-order valence-electron chi connectivity index (χ1n) is 5.05. The highest BCUT2D eigenvalue weighted by molar-refractivity contribution is 5.57. The average Bonchev–Trinajstić information content (AvgIpc) is 2.52. The molecule has 1 aromatic rings. The standard InChI is InChI=1S/C11H12F3NO2/c1-10(5-16)4-6-2-8(15)7(11(12,13)14)3-9(6)17-10/h2-3,16H,4-5,15H2,1H3. The van der Waals surface area contributed by atoms with Gasteiger partial charge in [-0.05, 0) is 19.1 Å². The van der Waals surface area contributed by atoms with Crippen molar-refractivity contribution in [3.05, 3.63) is 23.3 Å². The Morgan fingerprint density at radius 1 is 1.47 bits per heavy atom. The van der Waals surface area contributed by atoms with Gasteiger partial charge in [0.2, 0.25) is 0 Å². The van der Waals surface area contributed by atoms with Crippen LogP contribution in [0.25, 0.3) is 0 Å². The molecule has 0 saturated heterocycles. The third-order valence-electron chi connectivity index (χ3n) is 2.79. The molecule has 0 fully saturated rings. The molecule has 1 aliphatic heterocycles. The van der Waals surface area contributed by atoms with E-state index in [2.05, 4.69) is 0 Å². The number of benzene rings is 1. The summed E-state index contributed by atoms with van der Waals surface area (Å²) in [6.07, 6.45) is -4.15. The second-order valence-corrected chi connectivity index (χ2v) is 4.43. The number of aliphatic hydroxyl groups excluding tert-OH is 1. The molecular weight excluding hydrogens is 235 g/mol. The Kier molecular flexibility index (Phi) is 2.50. The van der Waals surface area contributed by atoms with Gasteiger partial charge in [0.1, 0.15) is 11.4 Å². The average molecular weight is 247 g/mol. The van der Waals surface area contributed by atoms with E-state index in [9.17, 15) is 13.2 Å². The second kappa shape index (κ2) is 3.53. The number of rotatable bonds is 1. The zero-order chi connectivity index (χ0) is 12.8. The maximum absolute atomic E-state index is 12.6. The lowest BCUT2D eigenvalue weighted by Gasteiger charge is -2.20. The monoisotopic (exact) mass is 247 g/mol. The van der Waals surface area contributed by atoms with E-state index in [1.807, 2.05) is 0 Å². The lowest BCUT2D eigenvalue weighted by Crippen LogP contribution is -2.34. The fourth-order valence-corrected chi connectivity index (χ4v) is 1.91. The Hall–Kier alpha value is -1.43. The van der Waals surface area contributed by atoms with Crippen LogP contribution in [0.4, 0.5) is 18.9 Å². The summed E-state index contributed by atoms with van der Waals surface area (Å²) in [4.78, 5) is 0. The third-order valence-corrected chi connectivity index (χ3v) is 2.79. The van der Waals surface area contributed by atoms with Gasteiger partial charge in [-0.2, -0.15) is 13.2 Å². The summed E-state index contributed by atoms with van der Waals surface area (Å²) in [6.45, 7) is 1.37. The molecule has 0 radical (unpaired) electrons. The normalized spacial score (nSPS) is 23.4. The minimum Gasteiger partial charge on any atom is -0.485 e. The van der Waals surface area contributed by atoms with Gasteiger partial charge in [-0.15, -0.1) is 0 Å². The number of nitrogen functional groups attached to an aromatic ring is 1. The van der Waals surface area contributed by atoms with E-state index >= 15 is 0 Å². The number of hydrogen-bond acceptors (Lipinski definition) is 3. The topological polar surface area (TPSA) is 55.5 Å². The van der Waals surface area contributed by atoms with Crippen molar-refractivity contribution >= 4 is 5.69 Å². The first-order valence-corrected chi connectivity index (χ1v) is 5.05. The summed E-state index contributed by atoms with van der Waals surface area (Å²) in [5.74, 6) is 0.142. The van der Waals surface area contributed by atoms with Crippen LogP contribution in [0.3, 0.4) is 0 Å². The van der Waals surface area contributed by atoms with Crippen LogP contribution in [0.5, 0.6) is 5.75 Å². The fraction of sp³-hybridized carbons (Fsp3) is 0.455. The van der Waals surface area contributed by atoms with Gasteiger partial charge in [-0.3, -0.25) is 0 Å². The Morgan fingerprint density at radius 2 is 2.12 bits per heavy atom. The van der Waals surface area contributed by atoms with Crippen molar-refractivity contribution in [2.24, 2.45) is 0 Å². The number of alkyl halides is 3. The van der Waals surface area contributed by atoms with Gasteiger partial charge < -0.3 is 15.6 Å². The van der Waals surface area contributed by atoms with E-state index in [-0.39, 0.29) is 18.0 Å². The Balaban J connectivity index is 2.45. The maximum atomic E-state index is 12.6. The number of aliphatic hydroxyl groups is 1. The summed E-state index contributed by atoms with van der Waals surface area (Å²) in [5, 5.41) is 9.12. The van der Waals surface area contributed by atoms with Crippen LogP contribution in [0.2, 0.25) is 0 Å². The summed E-state index contributed by atoms with van der Waals surface area (Å²) in [6, 6.07) is 2.16. The SMILES string of the molecule is CC1(CO)Cc2cc(N)c(C(F)(F)F)cc2O1. The molecule has 3 N–H and O–H groups in total. The van der Waals surface area contributed by atoms with Crippen LogP contribution in [0.15, 0.2) is 12.1 Å². The molecule has 94 valence electrons. The first kappa shape index (κ1) is 12.0.